The van der Waals surface area contributed by atoms with Gasteiger partial charge in [-0.25, -0.2) is 9.59 Å². The highest BCUT2D eigenvalue weighted by Crippen LogP contribution is 2.34. The summed E-state index contributed by atoms with van der Waals surface area (Å²) in [7, 11) is 0. The lowest BCUT2D eigenvalue weighted by Crippen LogP contribution is -2.45. The topological polar surface area (TPSA) is 79.9 Å². The van der Waals surface area contributed by atoms with Crippen molar-refractivity contribution in [2.75, 3.05) is 31.6 Å². The fraction of sp³-hybridized carbons (Fsp3) is 0.458. The lowest BCUT2D eigenvalue weighted by molar-refractivity contribution is 0.0527. The Morgan fingerprint density at radius 1 is 1.09 bits per heavy atom. The quantitative estimate of drug-likeness (QED) is 0.418. The number of carbonyl (C=O) groups is 2. The van der Waals surface area contributed by atoms with Crippen LogP contribution >= 0.6 is 23.6 Å². The SMILES string of the molecule is CCOC(=O)c1sc(NC(=S)NC2CCN(Cc3ccccc3)CC2)c(C(=O)OCC)c1C. The Kier molecular flexibility index (Phi) is 9.22. The maximum Gasteiger partial charge on any atom is 0.348 e. The third-order valence-corrected chi connectivity index (χ3v) is 6.89. The number of esters is 2. The zero-order valence-electron chi connectivity index (χ0n) is 19.3. The predicted octanol–water partition coefficient (Wildman–Crippen LogP) is 4.36. The van der Waals surface area contributed by atoms with Crippen LogP contribution in [0.2, 0.25) is 0 Å². The van der Waals surface area contributed by atoms with Gasteiger partial charge < -0.3 is 20.1 Å². The Hall–Kier alpha value is -2.49. The molecule has 2 N–H and O–H groups in total. The van der Waals surface area contributed by atoms with Crippen LogP contribution in [0.1, 0.15) is 57.8 Å². The summed E-state index contributed by atoms with van der Waals surface area (Å²) in [4.78, 5) is 27.7. The molecule has 0 radical (unpaired) electrons. The minimum absolute atomic E-state index is 0.243. The molecule has 1 aliphatic rings. The van der Waals surface area contributed by atoms with Crippen molar-refractivity contribution in [1.29, 1.82) is 0 Å². The Morgan fingerprint density at radius 3 is 2.36 bits per heavy atom. The number of benzene rings is 1. The molecule has 0 atom stereocenters. The number of thiophene rings is 1. The van der Waals surface area contributed by atoms with Gasteiger partial charge in [0.05, 0.1) is 18.8 Å². The van der Waals surface area contributed by atoms with Gasteiger partial charge in [-0.1, -0.05) is 30.3 Å². The van der Waals surface area contributed by atoms with Crippen LogP contribution in [-0.4, -0.2) is 54.3 Å². The molecule has 1 saturated heterocycles. The molecule has 1 aromatic heterocycles. The second kappa shape index (κ2) is 12.1. The number of thiocarbonyl (C=S) groups is 1. The van der Waals surface area contributed by atoms with Crippen LogP contribution in [0.25, 0.3) is 0 Å². The lowest BCUT2D eigenvalue weighted by atomic mass is 10.0. The fourth-order valence-corrected chi connectivity index (χ4v) is 5.27. The molecule has 7 nitrogen and oxygen atoms in total. The molecular weight excluding hydrogens is 458 g/mol. The van der Waals surface area contributed by atoms with Crippen LogP contribution in [-0.2, 0) is 16.0 Å². The Balaban J connectivity index is 1.61. The average Bonchev–Trinajstić information content (AvgIpc) is 3.12. The van der Waals surface area contributed by atoms with Crippen molar-refractivity contribution in [3.63, 3.8) is 0 Å². The predicted molar refractivity (Wildman–Crippen MR) is 135 cm³/mol. The van der Waals surface area contributed by atoms with Gasteiger partial charge in [-0.15, -0.1) is 11.3 Å². The molecular formula is C24H31N3O4S2. The normalized spacial score (nSPS) is 14.5. The Morgan fingerprint density at radius 2 is 1.73 bits per heavy atom. The van der Waals surface area contributed by atoms with E-state index in [2.05, 4.69) is 39.8 Å². The third-order valence-electron chi connectivity index (χ3n) is 5.49. The molecule has 1 aliphatic heterocycles. The van der Waals surface area contributed by atoms with Crippen molar-refractivity contribution in [2.45, 2.75) is 46.2 Å². The summed E-state index contributed by atoms with van der Waals surface area (Å²) in [5.74, 6) is -0.940. The minimum Gasteiger partial charge on any atom is -0.462 e. The van der Waals surface area contributed by atoms with E-state index in [1.165, 1.54) is 5.56 Å². The van der Waals surface area contributed by atoms with Crippen molar-refractivity contribution in [2.24, 2.45) is 0 Å². The maximum atomic E-state index is 12.6. The first-order valence-corrected chi connectivity index (χ1v) is 12.5. The number of carbonyl (C=O) groups excluding carboxylic acids is 2. The zero-order chi connectivity index (χ0) is 23.8. The van der Waals surface area contributed by atoms with Crippen LogP contribution in [0.4, 0.5) is 5.00 Å². The van der Waals surface area contributed by atoms with Gasteiger partial charge in [-0.05, 0) is 57.0 Å². The molecule has 0 aliphatic carbocycles. The second-order valence-electron chi connectivity index (χ2n) is 7.84. The molecule has 33 heavy (non-hydrogen) atoms. The maximum absolute atomic E-state index is 12.6. The summed E-state index contributed by atoms with van der Waals surface area (Å²) in [5.41, 5.74) is 2.18. The molecule has 2 heterocycles. The molecule has 0 unspecified atom stereocenters. The zero-order valence-corrected chi connectivity index (χ0v) is 20.9. The summed E-state index contributed by atoms with van der Waals surface area (Å²) < 4.78 is 10.3. The highest BCUT2D eigenvalue weighted by molar-refractivity contribution is 7.80. The summed E-state index contributed by atoms with van der Waals surface area (Å²) in [6, 6.07) is 10.7. The lowest BCUT2D eigenvalue weighted by Gasteiger charge is -2.33. The summed E-state index contributed by atoms with van der Waals surface area (Å²) in [5, 5.41) is 7.41. The van der Waals surface area contributed by atoms with E-state index in [1.54, 1.807) is 20.8 Å². The molecule has 0 amide bonds. The van der Waals surface area contributed by atoms with E-state index in [-0.39, 0.29) is 19.3 Å². The van der Waals surface area contributed by atoms with E-state index in [4.69, 9.17) is 21.7 Å². The molecule has 3 rings (SSSR count). The molecule has 1 fully saturated rings. The van der Waals surface area contributed by atoms with E-state index in [0.29, 0.717) is 26.1 Å². The minimum atomic E-state index is -0.485. The van der Waals surface area contributed by atoms with Crippen LogP contribution in [0, 0.1) is 6.92 Å². The number of rotatable bonds is 8. The number of likely N-dealkylation sites (tertiary alicyclic amines) is 1. The van der Waals surface area contributed by atoms with Gasteiger partial charge in [0, 0.05) is 25.7 Å². The van der Waals surface area contributed by atoms with Crippen LogP contribution < -0.4 is 10.6 Å². The molecule has 0 spiro atoms. The van der Waals surface area contributed by atoms with Gasteiger partial charge in [-0.2, -0.15) is 0 Å². The number of ether oxygens (including phenoxy) is 2. The number of hydrogen-bond donors (Lipinski definition) is 2. The number of nitrogens with one attached hydrogen (secondary N) is 2. The van der Waals surface area contributed by atoms with Crippen molar-refractivity contribution < 1.29 is 19.1 Å². The number of piperidine rings is 1. The Bertz CT molecular complexity index is 970. The van der Waals surface area contributed by atoms with E-state index in [9.17, 15) is 9.59 Å². The average molecular weight is 490 g/mol. The van der Waals surface area contributed by atoms with Crippen molar-refractivity contribution in [3.8, 4) is 0 Å². The van der Waals surface area contributed by atoms with Gasteiger partial charge >= 0.3 is 11.9 Å². The number of hydrogen-bond acceptors (Lipinski definition) is 7. The summed E-state index contributed by atoms with van der Waals surface area (Å²) >= 11 is 6.69. The van der Waals surface area contributed by atoms with Gasteiger partial charge in [0.1, 0.15) is 9.88 Å². The standard InChI is InChI=1S/C24H31N3O4S2/c1-4-30-22(28)19-16(3)20(23(29)31-5-2)33-21(19)26-24(32)25-18-11-13-27(14-12-18)15-17-9-7-6-8-10-17/h6-10,18H,4-5,11-15H2,1-3H3,(H2,25,26,32). The first-order valence-electron chi connectivity index (χ1n) is 11.2. The molecule has 0 saturated carbocycles. The highest BCUT2D eigenvalue weighted by atomic mass is 32.1. The smallest absolute Gasteiger partial charge is 0.348 e. The third kappa shape index (κ3) is 6.75. The molecule has 178 valence electrons. The first kappa shape index (κ1) is 25.1. The van der Waals surface area contributed by atoms with Gasteiger partial charge in [0.15, 0.2) is 5.11 Å². The highest BCUT2D eigenvalue weighted by Gasteiger charge is 2.27. The molecule has 1 aromatic carbocycles. The van der Waals surface area contributed by atoms with Gasteiger partial charge in [0.2, 0.25) is 0 Å². The van der Waals surface area contributed by atoms with Gasteiger partial charge in [-0.3, -0.25) is 4.90 Å². The summed E-state index contributed by atoms with van der Waals surface area (Å²) in [6.07, 6.45) is 1.94. The second-order valence-corrected chi connectivity index (χ2v) is 9.26. The van der Waals surface area contributed by atoms with E-state index >= 15 is 0 Å². The van der Waals surface area contributed by atoms with Gasteiger partial charge in [0.25, 0.3) is 0 Å². The monoisotopic (exact) mass is 489 g/mol. The number of anilines is 1. The van der Waals surface area contributed by atoms with Crippen molar-refractivity contribution in [3.05, 3.63) is 51.9 Å². The van der Waals surface area contributed by atoms with Crippen molar-refractivity contribution >= 4 is 45.6 Å². The van der Waals surface area contributed by atoms with E-state index in [0.717, 1.165) is 43.8 Å². The molecule has 2 aromatic rings. The largest absolute Gasteiger partial charge is 0.462 e. The van der Waals surface area contributed by atoms with Crippen molar-refractivity contribution in [1.82, 2.24) is 10.2 Å². The van der Waals surface area contributed by atoms with Crippen LogP contribution in [0.5, 0.6) is 0 Å². The Labute approximate surface area is 204 Å². The first-order chi connectivity index (χ1) is 15.9. The number of nitrogens with zero attached hydrogens (tertiary/aromatic N) is 1. The molecule has 0 bridgehead atoms. The molecule has 9 heteroatoms. The fourth-order valence-electron chi connectivity index (χ4n) is 3.84. The van der Waals surface area contributed by atoms with E-state index in [1.807, 2.05) is 6.07 Å². The van der Waals surface area contributed by atoms with E-state index < -0.39 is 11.9 Å². The van der Waals surface area contributed by atoms with Crippen LogP contribution in [0.3, 0.4) is 0 Å². The van der Waals surface area contributed by atoms with Crippen LogP contribution in [0.15, 0.2) is 30.3 Å². The summed E-state index contributed by atoms with van der Waals surface area (Å²) in [6.45, 7) is 8.63.